The van der Waals surface area contributed by atoms with Crippen LogP contribution in [0, 0.1) is 0 Å². The molecule has 0 aliphatic carbocycles. The summed E-state index contributed by atoms with van der Waals surface area (Å²) in [6, 6.07) is 1.18. The van der Waals surface area contributed by atoms with Crippen LogP contribution in [0.2, 0.25) is 5.02 Å². The number of amides is 1. The van der Waals surface area contributed by atoms with Gasteiger partial charge < -0.3 is 20.5 Å². The van der Waals surface area contributed by atoms with Crippen molar-refractivity contribution in [3.63, 3.8) is 0 Å². The van der Waals surface area contributed by atoms with Crippen LogP contribution in [0.3, 0.4) is 0 Å². The summed E-state index contributed by atoms with van der Waals surface area (Å²) in [5, 5.41) is 18.6. The van der Waals surface area contributed by atoms with Crippen LogP contribution in [-0.4, -0.2) is 20.7 Å². The number of primary amides is 1. The highest BCUT2D eigenvalue weighted by atomic mass is 35.5. The van der Waals surface area contributed by atoms with E-state index in [0.29, 0.717) is 0 Å². The standard InChI is InChI=1S/C11H9ClN2O4/c1-14-3-4(11(13)18)9(16)7-5(14)2-6(15)10(17)8(7)12/h2-3,15,17H,1H3,(H2,13,18). The minimum absolute atomic E-state index is 0.0641. The zero-order valence-corrected chi connectivity index (χ0v) is 10.0. The number of halogens is 1. The molecule has 1 amide bonds. The number of rotatable bonds is 1. The molecule has 0 saturated carbocycles. The van der Waals surface area contributed by atoms with Gasteiger partial charge in [0.2, 0.25) is 5.43 Å². The molecule has 0 aliphatic heterocycles. The maximum Gasteiger partial charge on any atom is 0.254 e. The number of phenolic OH excluding ortho intramolecular Hbond substituents is 2. The van der Waals surface area contributed by atoms with E-state index in [-0.39, 0.29) is 21.5 Å². The molecule has 1 aromatic heterocycles. The van der Waals surface area contributed by atoms with Crippen LogP contribution in [0.25, 0.3) is 10.9 Å². The second kappa shape index (κ2) is 3.92. The van der Waals surface area contributed by atoms with Crippen molar-refractivity contribution in [3.8, 4) is 11.5 Å². The lowest BCUT2D eigenvalue weighted by atomic mass is 10.1. The van der Waals surface area contributed by atoms with Gasteiger partial charge in [0.25, 0.3) is 5.91 Å². The minimum atomic E-state index is -0.888. The number of benzene rings is 1. The summed E-state index contributed by atoms with van der Waals surface area (Å²) in [7, 11) is 1.56. The summed E-state index contributed by atoms with van der Waals surface area (Å²) in [6.07, 6.45) is 1.25. The summed E-state index contributed by atoms with van der Waals surface area (Å²) in [5.74, 6) is -1.95. The maximum absolute atomic E-state index is 12.0. The number of pyridine rings is 1. The Balaban J connectivity index is 3.10. The number of nitrogens with zero attached hydrogens (tertiary/aromatic N) is 1. The number of carbonyl (C=O) groups excluding carboxylic acids is 1. The van der Waals surface area contributed by atoms with E-state index < -0.39 is 22.8 Å². The van der Waals surface area contributed by atoms with E-state index >= 15 is 0 Å². The topological polar surface area (TPSA) is 106 Å². The molecule has 94 valence electrons. The number of phenols is 2. The first-order chi connectivity index (χ1) is 8.34. The van der Waals surface area contributed by atoms with Crippen LogP contribution in [0.15, 0.2) is 17.1 Å². The molecule has 1 aromatic carbocycles. The fourth-order valence-electron chi connectivity index (χ4n) is 1.74. The number of nitrogens with two attached hydrogens (primary N) is 1. The second-order valence-corrected chi connectivity index (χ2v) is 4.18. The number of hydrogen-bond acceptors (Lipinski definition) is 4. The molecule has 0 spiro atoms. The predicted octanol–water partition coefficient (Wildman–Crippen LogP) is 0.702. The zero-order valence-electron chi connectivity index (χ0n) is 9.27. The largest absolute Gasteiger partial charge is 0.504 e. The van der Waals surface area contributed by atoms with Crippen molar-refractivity contribution >= 4 is 28.4 Å². The van der Waals surface area contributed by atoms with E-state index in [1.807, 2.05) is 0 Å². The van der Waals surface area contributed by atoms with E-state index in [9.17, 15) is 19.8 Å². The van der Waals surface area contributed by atoms with E-state index in [1.54, 1.807) is 7.05 Å². The molecule has 7 heteroatoms. The van der Waals surface area contributed by atoms with Gasteiger partial charge in [-0.1, -0.05) is 11.6 Å². The molecule has 2 rings (SSSR count). The van der Waals surface area contributed by atoms with Gasteiger partial charge in [-0.2, -0.15) is 0 Å². The van der Waals surface area contributed by atoms with Crippen molar-refractivity contribution in [2.75, 3.05) is 0 Å². The van der Waals surface area contributed by atoms with Crippen LogP contribution in [0.5, 0.6) is 11.5 Å². The van der Waals surface area contributed by atoms with Gasteiger partial charge in [-0.25, -0.2) is 0 Å². The van der Waals surface area contributed by atoms with Crippen LogP contribution < -0.4 is 11.2 Å². The Morgan fingerprint density at radius 1 is 1.44 bits per heavy atom. The number of hydrogen-bond donors (Lipinski definition) is 3. The lowest BCUT2D eigenvalue weighted by molar-refractivity contribution is 0.0999. The molecule has 0 aliphatic rings. The van der Waals surface area contributed by atoms with Crippen LogP contribution in [0.1, 0.15) is 10.4 Å². The summed E-state index contributed by atoms with van der Waals surface area (Å²) >= 11 is 5.81. The third kappa shape index (κ3) is 1.58. The van der Waals surface area contributed by atoms with Gasteiger partial charge >= 0.3 is 0 Å². The molecule has 0 bridgehead atoms. The zero-order chi connectivity index (χ0) is 13.6. The Hall–Kier alpha value is -2.21. The van der Waals surface area contributed by atoms with Gasteiger partial charge in [0.15, 0.2) is 11.5 Å². The smallest absolute Gasteiger partial charge is 0.254 e. The average Bonchev–Trinajstić information content (AvgIpc) is 2.30. The molecular formula is C11H9ClN2O4. The average molecular weight is 269 g/mol. The van der Waals surface area contributed by atoms with E-state index in [1.165, 1.54) is 16.8 Å². The first-order valence-corrected chi connectivity index (χ1v) is 5.26. The molecular weight excluding hydrogens is 260 g/mol. The van der Waals surface area contributed by atoms with Gasteiger partial charge in [0, 0.05) is 19.3 Å². The van der Waals surface area contributed by atoms with Gasteiger partial charge in [0.05, 0.1) is 15.9 Å². The molecule has 18 heavy (non-hydrogen) atoms. The van der Waals surface area contributed by atoms with Crippen LogP contribution in [0.4, 0.5) is 0 Å². The molecule has 1 heterocycles. The van der Waals surface area contributed by atoms with Gasteiger partial charge in [-0.15, -0.1) is 0 Å². The lowest BCUT2D eigenvalue weighted by Gasteiger charge is -2.10. The summed E-state index contributed by atoms with van der Waals surface area (Å²) < 4.78 is 1.42. The van der Waals surface area contributed by atoms with Gasteiger partial charge in [0.1, 0.15) is 5.56 Å². The number of aromatic hydroxyl groups is 2. The SMILES string of the molecule is Cn1cc(C(N)=O)c(=O)c2c(Cl)c(O)c(O)cc21. The van der Waals surface area contributed by atoms with Crippen molar-refractivity contribution < 1.29 is 15.0 Å². The van der Waals surface area contributed by atoms with E-state index in [0.717, 1.165) is 0 Å². The summed E-state index contributed by atoms with van der Waals surface area (Å²) in [6.45, 7) is 0. The van der Waals surface area contributed by atoms with Crippen LogP contribution >= 0.6 is 11.6 Å². The van der Waals surface area contributed by atoms with Crippen LogP contribution in [-0.2, 0) is 7.05 Å². The van der Waals surface area contributed by atoms with Crippen molar-refractivity contribution in [2.45, 2.75) is 0 Å². The Morgan fingerprint density at radius 3 is 2.61 bits per heavy atom. The second-order valence-electron chi connectivity index (χ2n) is 3.80. The van der Waals surface area contributed by atoms with Crippen molar-refractivity contribution in [2.24, 2.45) is 12.8 Å². The number of aryl methyl sites for hydroxylation is 1. The molecule has 0 radical (unpaired) electrons. The third-order valence-electron chi connectivity index (χ3n) is 2.64. The third-order valence-corrected chi connectivity index (χ3v) is 3.01. The Morgan fingerprint density at radius 2 is 2.06 bits per heavy atom. The number of aromatic nitrogens is 1. The molecule has 0 unspecified atom stereocenters. The molecule has 4 N–H and O–H groups in total. The predicted molar refractivity (Wildman–Crippen MR) is 66.0 cm³/mol. The molecule has 0 atom stereocenters. The highest BCUT2D eigenvalue weighted by Gasteiger charge is 2.18. The molecule has 2 aromatic rings. The van der Waals surface area contributed by atoms with E-state index in [4.69, 9.17) is 17.3 Å². The fourth-order valence-corrected chi connectivity index (χ4v) is 2.02. The number of carbonyl (C=O) groups is 1. The quantitative estimate of drug-likeness (QED) is 0.662. The lowest BCUT2D eigenvalue weighted by Crippen LogP contribution is -2.23. The highest BCUT2D eigenvalue weighted by Crippen LogP contribution is 2.37. The number of fused-ring (bicyclic) bond motifs is 1. The minimum Gasteiger partial charge on any atom is -0.504 e. The van der Waals surface area contributed by atoms with Crippen molar-refractivity contribution in [1.82, 2.24) is 4.57 Å². The molecule has 6 nitrogen and oxygen atoms in total. The van der Waals surface area contributed by atoms with Gasteiger partial charge in [-0.05, 0) is 0 Å². The van der Waals surface area contributed by atoms with E-state index in [2.05, 4.69) is 0 Å². The fraction of sp³-hybridized carbons (Fsp3) is 0.0909. The molecule has 0 saturated heterocycles. The van der Waals surface area contributed by atoms with Gasteiger partial charge in [-0.3, -0.25) is 9.59 Å². The normalized spacial score (nSPS) is 10.8. The van der Waals surface area contributed by atoms with Crippen molar-refractivity contribution in [3.05, 3.63) is 33.1 Å². The Kier molecular flexibility index (Phi) is 2.67. The molecule has 0 fully saturated rings. The Labute approximate surface area is 106 Å². The first kappa shape index (κ1) is 12.3. The monoisotopic (exact) mass is 268 g/mol. The summed E-state index contributed by atoms with van der Waals surface area (Å²) in [4.78, 5) is 23.1. The highest BCUT2D eigenvalue weighted by molar-refractivity contribution is 6.37. The summed E-state index contributed by atoms with van der Waals surface area (Å²) in [5.41, 5.74) is 4.44. The first-order valence-electron chi connectivity index (χ1n) is 4.88. The Bertz CT molecular complexity index is 736. The maximum atomic E-state index is 12.0. The van der Waals surface area contributed by atoms with Crippen molar-refractivity contribution in [1.29, 1.82) is 0 Å².